The van der Waals surface area contributed by atoms with Crippen molar-refractivity contribution in [1.29, 1.82) is 0 Å². The van der Waals surface area contributed by atoms with Crippen LogP contribution in [0.15, 0.2) is 48.5 Å². The zero-order chi connectivity index (χ0) is 23.4. The topological polar surface area (TPSA) is 63.6 Å². The molecule has 2 heterocycles. The van der Waals surface area contributed by atoms with E-state index < -0.39 is 0 Å². The number of para-hydroxylation sites is 1. The first-order chi connectivity index (χ1) is 16.0. The van der Waals surface area contributed by atoms with Crippen molar-refractivity contribution < 1.29 is 14.3 Å². The van der Waals surface area contributed by atoms with E-state index in [0.29, 0.717) is 18.7 Å². The van der Waals surface area contributed by atoms with Gasteiger partial charge in [0, 0.05) is 54.5 Å². The molecule has 2 amide bonds. The largest absolute Gasteiger partial charge is 0.381 e. The van der Waals surface area contributed by atoms with Gasteiger partial charge in [-0.15, -0.1) is 0 Å². The standard InChI is InChI=1S/C27H33N3O3/c1-4-5-16-33-17-10-15-28-24(31)18-30-26(20-11-6-7-12-21(20)27(30)32)25-19(2)29(3)23-14-9-8-13-22(23)25/h6-9,11-14,26H,4-5,10,15-18H2,1-3H3,(H,28,31)/t26-/m1/s1. The van der Waals surface area contributed by atoms with Crippen LogP contribution >= 0.6 is 0 Å². The van der Waals surface area contributed by atoms with Gasteiger partial charge in [-0.25, -0.2) is 0 Å². The summed E-state index contributed by atoms with van der Waals surface area (Å²) in [7, 11) is 2.05. The summed E-state index contributed by atoms with van der Waals surface area (Å²) in [5.41, 5.74) is 4.93. The highest BCUT2D eigenvalue weighted by Gasteiger charge is 2.40. The second kappa shape index (κ2) is 10.2. The average molecular weight is 448 g/mol. The SMILES string of the molecule is CCCCOCCCNC(=O)CN1C(=O)c2ccccc2[C@@H]1c1c(C)n(C)c2ccccc12. The van der Waals surface area contributed by atoms with Crippen LogP contribution in [-0.2, 0) is 16.6 Å². The fraction of sp³-hybridized carbons (Fsp3) is 0.407. The van der Waals surface area contributed by atoms with Crippen LogP contribution in [0.3, 0.4) is 0 Å². The van der Waals surface area contributed by atoms with Crippen molar-refractivity contribution >= 4 is 22.7 Å². The lowest BCUT2D eigenvalue weighted by Gasteiger charge is -2.26. The van der Waals surface area contributed by atoms with Crippen LogP contribution in [0, 0.1) is 6.92 Å². The summed E-state index contributed by atoms with van der Waals surface area (Å²) in [6.45, 7) is 6.17. The summed E-state index contributed by atoms with van der Waals surface area (Å²) >= 11 is 0. The van der Waals surface area contributed by atoms with Crippen molar-refractivity contribution in [3.05, 3.63) is 70.9 Å². The predicted molar refractivity (Wildman–Crippen MR) is 130 cm³/mol. The number of rotatable bonds is 10. The van der Waals surface area contributed by atoms with E-state index in [1.165, 1.54) is 0 Å². The number of amides is 2. The van der Waals surface area contributed by atoms with Gasteiger partial charge in [-0.2, -0.15) is 0 Å². The van der Waals surface area contributed by atoms with E-state index in [9.17, 15) is 9.59 Å². The molecule has 0 aliphatic carbocycles. The molecule has 2 aromatic carbocycles. The fourth-order valence-corrected chi connectivity index (χ4v) is 4.70. The van der Waals surface area contributed by atoms with Crippen LogP contribution in [-0.4, -0.2) is 47.6 Å². The minimum absolute atomic E-state index is 0.0253. The van der Waals surface area contributed by atoms with E-state index in [1.807, 2.05) is 43.4 Å². The third kappa shape index (κ3) is 4.53. The molecule has 3 aromatic rings. The van der Waals surface area contributed by atoms with Gasteiger partial charge in [0.15, 0.2) is 0 Å². The van der Waals surface area contributed by atoms with Gasteiger partial charge in [-0.3, -0.25) is 9.59 Å². The van der Waals surface area contributed by atoms with Gasteiger partial charge in [-0.05, 0) is 37.5 Å². The smallest absolute Gasteiger partial charge is 0.255 e. The normalized spacial score (nSPS) is 15.3. The number of nitrogens with zero attached hydrogens (tertiary/aromatic N) is 2. The minimum atomic E-state index is -0.289. The molecule has 0 bridgehead atoms. The first kappa shape index (κ1) is 23.1. The number of aromatic nitrogens is 1. The Morgan fingerprint density at radius 2 is 1.79 bits per heavy atom. The number of carbonyl (C=O) groups is 2. The first-order valence-electron chi connectivity index (χ1n) is 11.8. The molecule has 1 aliphatic heterocycles. The van der Waals surface area contributed by atoms with E-state index in [-0.39, 0.29) is 24.4 Å². The maximum absolute atomic E-state index is 13.4. The molecule has 174 valence electrons. The average Bonchev–Trinajstić information content (AvgIpc) is 3.24. The maximum atomic E-state index is 13.4. The van der Waals surface area contributed by atoms with Gasteiger partial charge in [0.05, 0.1) is 6.04 Å². The van der Waals surface area contributed by atoms with Crippen LogP contribution in [0.2, 0.25) is 0 Å². The summed E-state index contributed by atoms with van der Waals surface area (Å²) < 4.78 is 7.72. The molecule has 6 heteroatoms. The monoisotopic (exact) mass is 447 g/mol. The quantitative estimate of drug-likeness (QED) is 0.470. The Labute approximate surface area is 195 Å². The molecule has 33 heavy (non-hydrogen) atoms. The fourth-order valence-electron chi connectivity index (χ4n) is 4.70. The van der Waals surface area contributed by atoms with Gasteiger partial charge in [-0.1, -0.05) is 49.7 Å². The highest BCUT2D eigenvalue weighted by molar-refractivity contribution is 6.02. The molecule has 0 spiro atoms. The van der Waals surface area contributed by atoms with Crippen LogP contribution in [0.4, 0.5) is 0 Å². The number of nitrogens with one attached hydrogen (secondary N) is 1. The molecular formula is C27H33N3O3. The van der Waals surface area contributed by atoms with Gasteiger partial charge >= 0.3 is 0 Å². The highest BCUT2D eigenvalue weighted by atomic mass is 16.5. The molecular weight excluding hydrogens is 414 g/mol. The number of carbonyl (C=O) groups excluding carboxylic acids is 2. The Kier molecular flexibility index (Phi) is 7.14. The van der Waals surface area contributed by atoms with Crippen LogP contribution in [0.1, 0.15) is 59.4 Å². The number of ether oxygens (including phenoxy) is 1. The van der Waals surface area contributed by atoms with Crippen molar-refractivity contribution in [1.82, 2.24) is 14.8 Å². The van der Waals surface area contributed by atoms with Crippen LogP contribution < -0.4 is 5.32 Å². The summed E-state index contributed by atoms with van der Waals surface area (Å²) in [5, 5.41) is 4.07. The van der Waals surface area contributed by atoms with Gasteiger partial charge in [0.2, 0.25) is 5.91 Å². The molecule has 1 N–H and O–H groups in total. The number of benzene rings is 2. The molecule has 1 aliphatic rings. The zero-order valence-corrected chi connectivity index (χ0v) is 19.8. The molecule has 1 atom stereocenters. The summed E-state index contributed by atoms with van der Waals surface area (Å²) in [6.07, 6.45) is 2.93. The lowest BCUT2D eigenvalue weighted by atomic mass is 9.95. The van der Waals surface area contributed by atoms with Crippen LogP contribution in [0.25, 0.3) is 10.9 Å². The molecule has 4 rings (SSSR count). The third-order valence-corrected chi connectivity index (χ3v) is 6.52. The number of hydrogen-bond acceptors (Lipinski definition) is 3. The van der Waals surface area contributed by atoms with Crippen molar-refractivity contribution in [2.24, 2.45) is 7.05 Å². The van der Waals surface area contributed by atoms with E-state index in [4.69, 9.17) is 4.74 Å². The number of unbranched alkanes of at least 4 members (excludes halogenated alkanes) is 1. The Morgan fingerprint density at radius 1 is 1.06 bits per heavy atom. The van der Waals surface area contributed by atoms with Gasteiger partial charge in [0.1, 0.15) is 6.54 Å². The number of aryl methyl sites for hydroxylation is 1. The molecule has 0 radical (unpaired) electrons. The minimum Gasteiger partial charge on any atom is -0.381 e. The Bertz CT molecular complexity index is 1150. The summed E-state index contributed by atoms with van der Waals surface area (Å²) in [4.78, 5) is 27.9. The molecule has 0 saturated carbocycles. The molecule has 0 saturated heterocycles. The number of fused-ring (bicyclic) bond motifs is 2. The van der Waals surface area contributed by atoms with E-state index in [2.05, 4.69) is 35.9 Å². The zero-order valence-electron chi connectivity index (χ0n) is 19.8. The predicted octanol–water partition coefficient (Wildman–Crippen LogP) is 4.35. The van der Waals surface area contributed by atoms with Crippen molar-refractivity contribution in [3.8, 4) is 0 Å². The highest BCUT2D eigenvalue weighted by Crippen LogP contribution is 2.43. The third-order valence-electron chi connectivity index (χ3n) is 6.52. The van der Waals surface area contributed by atoms with Gasteiger partial charge < -0.3 is 19.5 Å². The molecule has 6 nitrogen and oxygen atoms in total. The van der Waals surface area contributed by atoms with Gasteiger partial charge in [0.25, 0.3) is 5.91 Å². The van der Waals surface area contributed by atoms with Crippen LogP contribution in [0.5, 0.6) is 0 Å². The summed E-state index contributed by atoms with van der Waals surface area (Å²) in [6, 6.07) is 15.6. The Morgan fingerprint density at radius 3 is 2.61 bits per heavy atom. The maximum Gasteiger partial charge on any atom is 0.255 e. The lowest BCUT2D eigenvalue weighted by Crippen LogP contribution is -2.40. The lowest BCUT2D eigenvalue weighted by molar-refractivity contribution is -0.122. The number of hydrogen-bond donors (Lipinski definition) is 1. The van der Waals surface area contributed by atoms with Crippen molar-refractivity contribution in [2.75, 3.05) is 26.3 Å². The second-order valence-electron chi connectivity index (χ2n) is 8.67. The molecule has 0 unspecified atom stereocenters. The Hall–Kier alpha value is -3.12. The van der Waals surface area contributed by atoms with Crippen molar-refractivity contribution in [2.45, 2.75) is 39.2 Å². The van der Waals surface area contributed by atoms with E-state index in [0.717, 1.165) is 53.6 Å². The molecule has 0 fully saturated rings. The van der Waals surface area contributed by atoms with E-state index >= 15 is 0 Å². The van der Waals surface area contributed by atoms with E-state index in [1.54, 1.807) is 4.90 Å². The second-order valence-corrected chi connectivity index (χ2v) is 8.67. The van der Waals surface area contributed by atoms with Crippen molar-refractivity contribution in [3.63, 3.8) is 0 Å². The first-order valence-corrected chi connectivity index (χ1v) is 11.8. The summed E-state index contributed by atoms with van der Waals surface area (Å²) in [5.74, 6) is -0.242. The Balaban J connectivity index is 1.55. The molecule has 1 aromatic heterocycles.